The first-order valence-corrected chi connectivity index (χ1v) is 26.1. The maximum absolute atomic E-state index is 14.4. The number of likely N-dealkylation sites (tertiary alicyclic amines) is 3. The van der Waals surface area contributed by atoms with Crippen molar-refractivity contribution in [1.29, 1.82) is 0 Å². The van der Waals surface area contributed by atoms with Gasteiger partial charge in [-0.15, -0.1) is 0 Å². The van der Waals surface area contributed by atoms with E-state index in [1.54, 1.807) is 84.9 Å². The van der Waals surface area contributed by atoms with E-state index >= 15 is 0 Å². The molecule has 8 rings (SSSR count). The largest absolute Gasteiger partial charge is 0.495 e. The standard InChI is InChI=1S/C28H33ClF2N4O5.C28H26ClF2N3O6/c1-40-24-12-19(6-7-23(24)33-27(39)32-22-5-3-2-4-21(22)29)13-25(36)35-17-28(30,31)15-20(35)16-34-10-8-18(9-11-34)14-26(37)38;1-39-24-12-17(6-11-23(24)33-27(38)32-22-5-3-2-4-21(22)29)13-25(35)34-16-28(30,31)14-19(34)15-40-20-9-7-18(8-10-20)26(36)37/h2-7,12,18,20H,8-11,13-17H2,1H3,(H,37,38)(H2,32,33,39);2-12,19H,13-16H2,1H3,(H,36,37)(H2,32,33,38)/t;19-/m.0/s1. The van der Waals surface area contributed by atoms with Gasteiger partial charge in [0.2, 0.25) is 11.8 Å². The summed E-state index contributed by atoms with van der Waals surface area (Å²) in [7, 11) is 2.82. The topological polar surface area (TPSA) is 228 Å². The third-order valence-corrected chi connectivity index (χ3v) is 14.2. The Labute approximate surface area is 468 Å². The van der Waals surface area contributed by atoms with Crippen LogP contribution in [-0.2, 0) is 27.2 Å². The molecule has 0 aromatic heterocycles. The number of ether oxygens (including phenoxy) is 3. The summed E-state index contributed by atoms with van der Waals surface area (Å²) in [5.74, 6) is -7.92. The lowest BCUT2D eigenvalue weighted by Gasteiger charge is -2.35. The molecule has 5 aromatic carbocycles. The molecule has 80 heavy (non-hydrogen) atoms. The summed E-state index contributed by atoms with van der Waals surface area (Å²) in [4.78, 5) is 77.6. The molecule has 0 bridgehead atoms. The first-order valence-electron chi connectivity index (χ1n) is 25.3. The van der Waals surface area contributed by atoms with Crippen LogP contribution in [0.1, 0.15) is 53.6 Å². The van der Waals surface area contributed by atoms with Gasteiger partial charge in [-0.25, -0.2) is 31.9 Å². The maximum atomic E-state index is 14.4. The number of hydrogen-bond donors (Lipinski definition) is 6. The highest BCUT2D eigenvalue weighted by Crippen LogP contribution is 2.36. The number of methoxy groups -OCH3 is 2. The van der Waals surface area contributed by atoms with Crippen LogP contribution < -0.4 is 35.5 Å². The minimum absolute atomic E-state index is 0.0643. The fraction of sp³-hybridized carbons (Fsp3) is 0.357. The average Bonchev–Trinajstić information content (AvgIpc) is 3.91. The number of anilines is 4. The predicted molar refractivity (Wildman–Crippen MR) is 292 cm³/mol. The van der Waals surface area contributed by atoms with E-state index < -0.39 is 85.7 Å². The van der Waals surface area contributed by atoms with Crippen LogP contribution in [0.4, 0.5) is 49.9 Å². The van der Waals surface area contributed by atoms with Crippen LogP contribution in [0.3, 0.4) is 0 Å². The predicted octanol–water partition coefficient (Wildman–Crippen LogP) is 10.5. The summed E-state index contributed by atoms with van der Waals surface area (Å²) >= 11 is 12.2. The van der Waals surface area contributed by atoms with Gasteiger partial charge in [0, 0.05) is 25.8 Å². The maximum Gasteiger partial charge on any atom is 0.335 e. The van der Waals surface area contributed by atoms with E-state index in [4.69, 9.17) is 47.6 Å². The summed E-state index contributed by atoms with van der Waals surface area (Å²) < 4.78 is 73.8. The molecule has 3 saturated heterocycles. The number of piperidine rings is 1. The van der Waals surface area contributed by atoms with Crippen molar-refractivity contribution >= 4 is 81.8 Å². The molecule has 2 atom stereocenters. The van der Waals surface area contributed by atoms with Crippen molar-refractivity contribution in [2.24, 2.45) is 5.92 Å². The number of benzene rings is 5. The number of nitrogens with zero attached hydrogens (tertiary/aromatic N) is 3. The third kappa shape index (κ3) is 16.9. The van der Waals surface area contributed by atoms with Gasteiger partial charge in [-0.2, -0.15) is 0 Å². The van der Waals surface area contributed by atoms with Gasteiger partial charge in [0.15, 0.2) is 0 Å². The number of nitrogens with one attached hydrogen (secondary N) is 4. The molecule has 3 heterocycles. The number of carboxylic acid groups (broad SMARTS) is 2. The van der Waals surface area contributed by atoms with Gasteiger partial charge in [-0.3, -0.25) is 14.4 Å². The Balaban J connectivity index is 0.000000231. The monoisotopic (exact) mass is 1150 g/mol. The molecule has 1 unspecified atom stereocenters. The normalized spacial score (nSPS) is 17.6. The number of rotatable bonds is 18. The van der Waals surface area contributed by atoms with Crippen LogP contribution in [0.25, 0.3) is 0 Å². The Hall–Kier alpha value is -7.82. The average molecular weight is 1150 g/mol. The zero-order chi connectivity index (χ0) is 57.7. The summed E-state index contributed by atoms with van der Waals surface area (Å²) in [6.07, 6.45) is 0.265. The summed E-state index contributed by atoms with van der Waals surface area (Å²) in [6, 6.07) is 26.0. The highest BCUT2D eigenvalue weighted by molar-refractivity contribution is 6.34. The van der Waals surface area contributed by atoms with Crippen molar-refractivity contribution in [1.82, 2.24) is 14.7 Å². The van der Waals surface area contributed by atoms with E-state index in [0.29, 0.717) is 87.9 Å². The van der Waals surface area contributed by atoms with Crippen LogP contribution in [0.2, 0.25) is 10.0 Å². The van der Waals surface area contributed by atoms with Crippen LogP contribution in [0.5, 0.6) is 17.2 Å². The number of para-hydroxylation sites is 2. The van der Waals surface area contributed by atoms with Crippen molar-refractivity contribution in [2.45, 2.75) is 68.9 Å². The fourth-order valence-electron chi connectivity index (χ4n) is 9.62. The molecule has 0 aliphatic carbocycles. The Bertz CT molecular complexity index is 3040. The molecule has 5 aromatic rings. The van der Waals surface area contributed by atoms with E-state index in [2.05, 4.69) is 21.3 Å². The number of urea groups is 2. The Morgan fingerprint density at radius 2 is 1.06 bits per heavy atom. The molecule has 24 heteroatoms. The lowest BCUT2D eigenvalue weighted by molar-refractivity contribution is -0.138. The first-order chi connectivity index (χ1) is 38.1. The first kappa shape index (κ1) is 59.8. The summed E-state index contributed by atoms with van der Waals surface area (Å²) in [5, 5.41) is 29.4. The Morgan fingerprint density at radius 1 is 0.613 bits per heavy atom. The van der Waals surface area contributed by atoms with Crippen LogP contribution in [0, 0.1) is 5.92 Å². The van der Waals surface area contributed by atoms with E-state index in [9.17, 15) is 46.3 Å². The van der Waals surface area contributed by atoms with Crippen molar-refractivity contribution < 1.29 is 70.8 Å². The van der Waals surface area contributed by atoms with Crippen molar-refractivity contribution in [3.05, 3.63) is 136 Å². The van der Waals surface area contributed by atoms with E-state index in [-0.39, 0.29) is 43.1 Å². The summed E-state index contributed by atoms with van der Waals surface area (Å²) in [5.41, 5.74) is 2.66. The van der Waals surface area contributed by atoms with Crippen LogP contribution >= 0.6 is 23.2 Å². The molecule has 0 radical (unpaired) electrons. The SMILES string of the molecule is COc1cc(CC(=O)N2CC(F)(F)CC2CN2CCC(CC(=O)O)CC2)ccc1NC(=O)Nc1ccccc1Cl.COc1cc(CC(=O)N2CC(F)(F)C[C@H]2COc2ccc(C(=O)O)cc2)ccc1NC(=O)Nc1ccccc1Cl. The molecular formula is C56H59Cl2F4N7O11. The number of amides is 6. The molecule has 3 aliphatic heterocycles. The number of aliphatic carboxylic acids is 1. The van der Waals surface area contributed by atoms with Crippen LogP contribution in [-0.4, -0.2) is 138 Å². The zero-order valence-corrected chi connectivity index (χ0v) is 45.0. The number of halogens is 6. The second-order valence-electron chi connectivity index (χ2n) is 19.5. The molecule has 0 saturated carbocycles. The minimum Gasteiger partial charge on any atom is -0.495 e. The van der Waals surface area contributed by atoms with E-state index in [1.165, 1.54) is 43.4 Å². The molecule has 6 amide bonds. The van der Waals surface area contributed by atoms with Gasteiger partial charge in [-0.05, 0) is 116 Å². The lowest BCUT2D eigenvalue weighted by Crippen LogP contribution is -2.46. The number of carbonyl (C=O) groups is 6. The van der Waals surface area contributed by atoms with E-state index in [0.717, 1.165) is 4.90 Å². The third-order valence-electron chi connectivity index (χ3n) is 13.6. The number of carbonyl (C=O) groups excluding carboxylic acids is 4. The minimum atomic E-state index is -3.07. The van der Waals surface area contributed by atoms with Crippen molar-refractivity contribution in [2.75, 3.05) is 74.8 Å². The summed E-state index contributed by atoms with van der Waals surface area (Å²) in [6.45, 7) is 0.0195. The van der Waals surface area contributed by atoms with Gasteiger partial charge in [0.05, 0.1) is 90.6 Å². The van der Waals surface area contributed by atoms with Gasteiger partial charge >= 0.3 is 24.0 Å². The Morgan fingerprint density at radius 3 is 1.51 bits per heavy atom. The molecule has 0 spiro atoms. The molecule has 426 valence electrons. The van der Waals surface area contributed by atoms with Gasteiger partial charge in [0.25, 0.3) is 11.8 Å². The van der Waals surface area contributed by atoms with Crippen molar-refractivity contribution in [3.8, 4) is 17.2 Å². The van der Waals surface area contributed by atoms with Gasteiger partial charge < -0.3 is 60.4 Å². The second-order valence-corrected chi connectivity index (χ2v) is 20.3. The molecule has 3 fully saturated rings. The Kier molecular flexibility index (Phi) is 20.1. The quantitative estimate of drug-likeness (QED) is 0.0451. The molecular weight excluding hydrogens is 1090 g/mol. The highest BCUT2D eigenvalue weighted by atomic mass is 35.5. The number of aromatic carboxylic acids is 1. The second kappa shape index (κ2) is 26.9. The molecule has 6 N–H and O–H groups in total. The highest BCUT2D eigenvalue weighted by Gasteiger charge is 2.48. The van der Waals surface area contributed by atoms with Crippen molar-refractivity contribution in [3.63, 3.8) is 0 Å². The van der Waals surface area contributed by atoms with E-state index in [1.807, 2.05) is 4.90 Å². The van der Waals surface area contributed by atoms with Crippen LogP contribution in [0.15, 0.2) is 109 Å². The van der Waals surface area contributed by atoms with Gasteiger partial charge in [-0.1, -0.05) is 59.6 Å². The zero-order valence-electron chi connectivity index (χ0n) is 43.5. The lowest BCUT2D eigenvalue weighted by atomic mass is 9.93. The fourth-order valence-corrected chi connectivity index (χ4v) is 9.99. The smallest absolute Gasteiger partial charge is 0.335 e. The van der Waals surface area contributed by atoms with Gasteiger partial charge in [0.1, 0.15) is 23.9 Å². The number of hydrogen-bond acceptors (Lipinski definition) is 10. The number of carboxylic acids is 2. The number of alkyl halides is 4. The molecule has 18 nitrogen and oxygen atoms in total. The molecule has 3 aliphatic rings.